The van der Waals surface area contributed by atoms with Gasteiger partial charge in [-0.2, -0.15) is 0 Å². The van der Waals surface area contributed by atoms with E-state index in [0.29, 0.717) is 10.2 Å². The van der Waals surface area contributed by atoms with E-state index in [4.69, 9.17) is 4.74 Å². The van der Waals surface area contributed by atoms with Crippen molar-refractivity contribution in [3.8, 4) is 0 Å². The van der Waals surface area contributed by atoms with Gasteiger partial charge in [0.25, 0.3) is 5.91 Å². The predicted molar refractivity (Wildman–Crippen MR) is 79.4 cm³/mol. The highest BCUT2D eigenvalue weighted by atomic mass is 79.9. The second-order valence-electron chi connectivity index (χ2n) is 4.26. The zero-order valence-electron chi connectivity index (χ0n) is 11.1. The van der Waals surface area contributed by atoms with Crippen LogP contribution in [0.15, 0.2) is 46.9 Å². The standard InChI is InChI=1S/C15H10BrF2NO3/c16-9-1-6-12(13(18)7-9)15(21)22-8-14(20)19-11-4-2-10(17)3-5-11/h1-7H,8H2,(H,19,20). The summed E-state index contributed by atoms with van der Waals surface area (Å²) in [5.41, 5.74) is 0.0926. The third kappa shape index (κ3) is 4.36. The number of hydrogen-bond acceptors (Lipinski definition) is 3. The molecule has 0 aliphatic carbocycles. The normalized spacial score (nSPS) is 10.1. The number of benzene rings is 2. The van der Waals surface area contributed by atoms with Crippen LogP contribution >= 0.6 is 15.9 Å². The van der Waals surface area contributed by atoms with Crippen molar-refractivity contribution in [2.75, 3.05) is 11.9 Å². The molecule has 0 aliphatic heterocycles. The molecular weight excluding hydrogens is 360 g/mol. The van der Waals surface area contributed by atoms with Crippen LogP contribution in [0.2, 0.25) is 0 Å². The van der Waals surface area contributed by atoms with Gasteiger partial charge in [-0.3, -0.25) is 4.79 Å². The lowest BCUT2D eigenvalue weighted by molar-refractivity contribution is -0.119. The third-order valence-electron chi connectivity index (χ3n) is 2.61. The van der Waals surface area contributed by atoms with Crippen molar-refractivity contribution in [1.29, 1.82) is 0 Å². The number of anilines is 1. The second-order valence-corrected chi connectivity index (χ2v) is 5.17. The summed E-state index contributed by atoms with van der Waals surface area (Å²) >= 11 is 3.07. The van der Waals surface area contributed by atoms with Gasteiger partial charge in [0.15, 0.2) is 6.61 Å². The monoisotopic (exact) mass is 369 g/mol. The maximum atomic E-state index is 13.5. The number of ether oxygens (including phenoxy) is 1. The Labute approximate surface area is 133 Å². The van der Waals surface area contributed by atoms with E-state index in [0.717, 1.165) is 6.07 Å². The zero-order chi connectivity index (χ0) is 16.1. The molecule has 0 bridgehead atoms. The van der Waals surface area contributed by atoms with Gasteiger partial charge in [-0.1, -0.05) is 15.9 Å². The lowest BCUT2D eigenvalue weighted by atomic mass is 10.2. The van der Waals surface area contributed by atoms with Crippen LogP contribution in [0, 0.1) is 11.6 Å². The lowest BCUT2D eigenvalue weighted by Crippen LogP contribution is -2.21. The zero-order valence-corrected chi connectivity index (χ0v) is 12.7. The van der Waals surface area contributed by atoms with Gasteiger partial charge in [-0.05, 0) is 42.5 Å². The smallest absolute Gasteiger partial charge is 0.341 e. The van der Waals surface area contributed by atoms with E-state index < -0.39 is 30.1 Å². The van der Waals surface area contributed by atoms with Gasteiger partial charge in [-0.15, -0.1) is 0 Å². The summed E-state index contributed by atoms with van der Waals surface area (Å²) in [7, 11) is 0. The molecule has 0 radical (unpaired) electrons. The fourth-order valence-corrected chi connectivity index (χ4v) is 1.93. The van der Waals surface area contributed by atoms with Gasteiger partial charge in [0, 0.05) is 10.2 Å². The number of rotatable bonds is 4. The van der Waals surface area contributed by atoms with Crippen LogP contribution in [0.4, 0.5) is 14.5 Å². The van der Waals surface area contributed by atoms with Gasteiger partial charge < -0.3 is 10.1 Å². The highest BCUT2D eigenvalue weighted by Crippen LogP contribution is 2.16. The summed E-state index contributed by atoms with van der Waals surface area (Å²) in [5, 5.41) is 2.42. The molecule has 2 aromatic carbocycles. The van der Waals surface area contributed by atoms with Gasteiger partial charge >= 0.3 is 5.97 Å². The quantitative estimate of drug-likeness (QED) is 0.838. The van der Waals surface area contributed by atoms with Gasteiger partial charge in [0.05, 0.1) is 5.56 Å². The van der Waals surface area contributed by atoms with E-state index in [1.807, 2.05) is 0 Å². The van der Waals surface area contributed by atoms with Crippen molar-refractivity contribution in [3.05, 3.63) is 64.1 Å². The van der Waals surface area contributed by atoms with Crippen molar-refractivity contribution in [2.45, 2.75) is 0 Å². The Hall–Kier alpha value is -2.28. The van der Waals surface area contributed by atoms with Crippen molar-refractivity contribution < 1.29 is 23.1 Å². The molecule has 4 nitrogen and oxygen atoms in total. The average Bonchev–Trinajstić information content (AvgIpc) is 2.47. The van der Waals surface area contributed by atoms with Crippen molar-refractivity contribution in [3.63, 3.8) is 0 Å². The van der Waals surface area contributed by atoms with Crippen LogP contribution in [0.3, 0.4) is 0 Å². The van der Waals surface area contributed by atoms with E-state index in [9.17, 15) is 18.4 Å². The predicted octanol–water partition coefficient (Wildman–Crippen LogP) is 3.52. The minimum Gasteiger partial charge on any atom is -0.452 e. The molecule has 1 N–H and O–H groups in total. The minimum absolute atomic E-state index is 0.266. The third-order valence-corrected chi connectivity index (χ3v) is 3.11. The molecular formula is C15H10BrF2NO3. The van der Waals surface area contributed by atoms with E-state index in [2.05, 4.69) is 21.2 Å². The summed E-state index contributed by atoms with van der Waals surface area (Å²) in [6.45, 7) is -0.578. The SMILES string of the molecule is O=C(COC(=O)c1ccc(Br)cc1F)Nc1ccc(F)cc1. The molecule has 0 aliphatic rings. The van der Waals surface area contributed by atoms with Crippen LogP contribution in [0.5, 0.6) is 0 Å². The summed E-state index contributed by atoms with van der Waals surface area (Å²) in [6.07, 6.45) is 0. The Morgan fingerprint density at radius 1 is 1.09 bits per heavy atom. The van der Waals surface area contributed by atoms with Gasteiger partial charge in [0.1, 0.15) is 11.6 Å². The summed E-state index contributed by atoms with van der Waals surface area (Å²) in [4.78, 5) is 23.3. The first-order valence-electron chi connectivity index (χ1n) is 6.13. The maximum Gasteiger partial charge on any atom is 0.341 e. The molecule has 0 spiro atoms. The number of esters is 1. The molecule has 0 saturated carbocycles. The molecule has 0 atom stereocenters. The minimum atomic E-state index is -0.945. The second kappa shape index (κ2) is 7.13. The first-order valence-corrected chi connectivity index (χ1v) is 6.92. The Balaban J connectivity index is 1.90. The largest absolute Gasteiger partial charge is 0.452 e. The fraction of sp³-hybridized carbons (Fsp3) is 0.0667. The Morgan fingerprint density at radius 2 is 1.77 bits per heavy atom. The molecule has 114 valence electrons. The van der Waals surface area contributed by atoms with E-state index >= 15 is 0 Å². The van der Waals surface area contributed by atoms with Crippen LogP contribution in [0.25, 0.3) is 0 Å². The average molecular weight is 370 g/mol. The summed E-state index contributed by atoms with van der Waals surface area (Å²) in [5.74, 6) is -2.75. The number of carbonyl (C=O) groups excluding carboxylic acids is 2. The highest BCUT2D eigenvalue weighted by molar-refractivity contribution is 9.10. The molecule has 2 rings (SSSR count). The van der Waals surface area contributed by atoms with Crippen LogP contribution in [-0.4, -0.2) is 18.5 Å². The van der Waals surface area contributed by atoms with Gasteiger partial charge in [-0.25, -0.2) is 13.6 Å². The number of nitrogens with one attached hydrogen (secondary N) is 1. The number of carbonyl (C=O) groups is 2. The summed E-state index contributed by atoms with van der Waals surface area (Å²) < 4.78 is 31.5. The van der Waals surface area contributed by atoms with E-state index in [-0.39, 0.29) is 5.56 Å². The number of hydrogen-bond donors (Lipinski definition) is 1. The maximum absolute atomic E-state index is 13.5. The molecule has 0 saturated heterocycles. The van der Waals surface area contributed by atoms with E-state index in [1.165, 1.54) is 36.4 Å². The molecule has 1 amide bonds. The fourth-order valence-electron chi connectivity index (χ4n) is 1.59. The molecule has 0 unspecified atom stereocenters. The Morgan fingerprint density at radius 3 is 2.41 bits per heavy atom. The van der Waals surface area contributed by atoms with Crippen LogP contribution in [-0.2, 0) is 9.53 Å². The molecule has 0 heterocycles. The molecule has 7 heteroatoms. The first kappa shape index (κ1) is 16.1. The highest BCUT2D eigenvalue weighted by Gasteiger charge is 2.15. The topological polar surface area (TPSA) is 55.4 Å². The number of halogens is 3. The first-order chi connectivity index (χ1) is 10.5. The summed E-state index contributed by atoms with van der Waals surface area (Å²) in [6, 6.07) is 8.94. The molecule has 22 heavy (non-hydrogen) atoms. The Kier molecular flexibility index (Phi) is 5.21. The molecule has 2 aromatic rings. The van der Waals surface area contributed by atoms with Gasteiger partial charge in [0.2, 0.25) is 0 Å². The molecule has 0 aromatic heterocycles. The Bertz CT molecular complexity index is 704. The molecule has 0 fully saturated rings. The van der Waals surface area contributed by atoms with Crippen LogP contribution < -0.4 is 5.32 Å². The van der Waals surface area contributed by atoms with E-state index in [1.54, 1.807) is 0 Å². The van der Waals surface area contributed by atoms with Crippen molar-refractivity contribution in [1.82, 2.24) is 0 Å². The number of amides is 1. The van der Waals surface area contributed by atoms with Crippen molar-refractivity contribution >= 4 is 33.5 Å². The lowest BCUT2D eigenvalue weighted by Gasteiger charge is -2.07. The van der Waals surface area contributed by atoms with Crippen LogP contribution in [0.1, 0.15) is 10.4 Å². The van der Waals surface area contributed by atoms with Crippen molar-refractivity contribution in [2.24, 2.45) is 0 Å².